The number of H-pyrrole nitrogens is 1. The van der Waals surface area contributed by atoms with Crippen molar-refractivity contribution in [2.45, 2.75) is 32.3 Å². The molecule has 1 atom stereocenters. The lowest BCUT2D eigenvalue weighted by molar-refractivity contribution is -0.156. The summed E-state index contributed by atoms with van der Waals surface area (Å²) >= 11 is 0. The van der Waals surface area contributed by atoms with Crippen LogP contribution in [0.3, 0.4) is 0 Å². The summed E-state index contributed by atoms with van der Waals surface area (Å²) in [6, 6.07) is 0. The second kappa shape index (κ2) is 4.44. The van der Waals surface area contributed by atoms with Gasteiger partial charge in [-0.15, -0.1) is 0 Å². The van der Waals surface area contributed by atoms with Crippen LogP contribution in [0.2, 0.25) is 0 Å². The molecule has 1 aromatic rings. The van der Waals surface area contributed by atoms with Gasteiger partial charge < -0.3 is 15.5 Å². The highest BCUT2D eigenvalue weighted by atomic mass is 16.6. The van der Waals surface area contributed by atoms with Gasteiger partial charge in [0.1, 0.15) is 17.3 Å². The van der Waals surface area contributed by atoms with Crippen LogP contribution in [-0.2, 0) is 9.53 Å². The molecule has 5 heteroatoms. The van der Waals surface area contributed by atoms with E-state index in [1.54, 1.807) is 12.4 Å². The summed E-state index contributed by atoms with van der Waals surface area (Å²) in [6.07, 6.45) is 3.24. The molecule has 0 amide bonds. The molecule has 0 aliphatic carbocycles. The van der Waals surface area contributed by atoms with Crippen LogP contribution in [0.1, 0.15) is 32.5 Å². The van der Waals surface area contributed by atoms with Gasteiger partial charge in [0, 0.05) is 18.9 Å². The molecule has 15 heavy (non-hydrogen) atoms. The summed E-state index contributed by atoms with van der Waals surface area (Å²) in [6.45, 7) is 5.64. The van der Waals surface area contributed by atoms with Crippen LogP contribution in [-0.4, -0.2) is 28.1 Å². The Kier molecular flexibility index (Phi) is 3.47. The number of aromatic amines is 1. The Balaban J connectivity index is 2.72. The minimum atomic E-state index is -0.515. The third-order valence-corrected chi connectivity index (χ3v) is 1.78. The van der Waals surface area contributed by atoms with Crippen molar-refractivity contribution in [2.75, 3.05) is 6.54 Å². The van der Waals surface area contributed by atoms with E-state index in [1.807, 2.05) is 20.8 Å². The third kappa shape index (κ3) is 3.36. The van der Waals surface area contributed by atoms with Crippen molar-refractivity contribution < 1.29 is 9.53 Å². The van der Waals surface area contributed by atoms with Crippen LogP contribution < -0.4 is 5.73 Å². The van der Waals surface area contributed by atoms with Gasteiger partial charge in [0.15, 0.2) is 0 Å². The topological polar surface area (TPSA) is 81.0 Å². The Morgan fingerprint density at radius 1 is 1.67 bits per heavy atom. The highest BCUT2D eigenvalue weighted by molar-refractivity contribution is 5.77. The minimum absolute atomic E-state index is 0.183. The van der Waals surface area contributed by atoms with Crippen LogP contribution in [0.15, 0.2) is 12.4 Å². The van der Waals surface area contributed by atoms with Crippen molar-refractivity contribution in [1.29, 1.82) is 0 Å². The Morgan fingerprint density at radius 2 is 2.33 bits per heavy atom. The Labute approximate surface area is 89.0 Å². The molecule has 0 fully saturated rings. The molecular formula is C10H17N3O2. The molecular weight excluding hydrogens is 194 g/mol. The van der Waals surface area contributed by atoms with E-state index in [0.717, 1.165) is 0 Å². The summed E-state index contributed by atoms with van der Waals surface area (Å²) in [5.74, 6) is -0.314. The number of carbonyl (C=O) groups excluding carboxylic acids is 1. The highest BCUT2D eigenvalue weighted by Crippen LogP contribution is 2.16. The zero-order chi connectivity index (χ0) is 11.5. The molecule has 1 heterocycles. The number of hydrogen-bond acceptors (Lipinski definition) is 4. The summed E-state index contributed by atoms with van der Waals surface area (Å²) < 4.78 is 5.24. The van der Waals surface area contributed by atoms with Crippen LogP contribution >= 0.6 is 0 Å². The summed E-state index contributed by atoms with van der Waals surface area (Å²) in [4.78, 5) is 18.6. The first-order valence-electron chi connectivity index (χ1n) is 4.86. The molecule has 1 rings (SSSR count). The number of nitrogens with zero attached hydrogens (tertiary/aromatic N) is 1. The summed E-state index contributed by atoms with van der Waals surface area (Å²) in [7, 11) is 0. The molecule has 1 aromatic heterocycles. The smallest absolute Gasteiger partial charge is 0.318 e. The summed E-state index contributed by atoms with van der Waals surface area (Å²) in [5.41, 5.74) is 5.02. The first kappa shape index (κ1) is 11.7. The Hall–Kier alpha value is -1.36. The fourth-order valence-electron chi connectivity index (χ4n) is 1.16. The van der Waals surface area contributed by atoms with E-state index in [2.05, 4.69) is 9.97 Å². The van der Waals surface area contributed by atoms with E-state index >= 15 is 0 Å². The summed E-state index contributed by atoms with van der Waals surface area (Å²) in [5, 5.41) is 0. The number of imidazole rings is 1. The fourth-order valence-corrected chi connectivity index (χ4v) is 1.16. The van der Waals surface area contributed by atoms with Gasteiger partial charge in [0.05, 0.1) is 0 Å². The first-order chi connectivity index (χ1) is 6.94. The van der Waals surface area contributed by atoms with E-state index in [0.29, 0.717) is 5.82 Å². The van der Waals surface area contributed by atoms with Gasteiger partial charge in [-0.2, -0.15) is 0 Å². The maximum absolute atomic E-state index is 11.7. The second-order valence-corrected chi connectivity index (χ2v) is 4.30. The zero-order valence-corrected chi connectivity index (χ0v) is 9.28. The van der Waals surface area contributed by atoms with Gasteiger partial charge in [-0.3, -0.25) is 4.79 Å². The standard InChI is InChI=1S/C10H17N3O2/c1-10(2,3)15-9(14)7(6-11)8-12-4-5-13-8/h4-5,7H,6,11H2,1-3H3,(H,12,13)/t7-/m0/s1. The highest BCUT2D eigenvalue weighted by Gasteiger charge is 2.26. The lowest BCUT2D eigenvalue weighted by Gasteiger charge is -2.22. The monoisotopic (exact) mass is 211 g/mol. The molecule has 84 valence electrons. The van der Waals surface area contributed by atoms with Crippen molar-refractivity contribution in [1.82, 2.24) is 9.97 Å². The van der Waals surface area contributed by atoms with Crippen LogP contribution in [0, 0.1) is 0 Å². The van der Waals surface area contributed by atoms with E-state index in [4.69, 9.17) is 10.5 Å². The lowest BCUT2D eigenvalue weighted by atomic mass is 10.1. The average Bonchev–Trinajstić information content (AvgIpc) is 2.54. The molecule has 0 saturated heterocycles. The zero-order valence-electron chi connectivity index (χ0n) is 9.28. The largest absolute Gasteiger partial charge is 0.459 e. The number of ether oxygens (including phenoxy) is 1. The Bertz CT molecular complexity index is 314. The molecule has 0 aliphatic rings. The minimum Gasteiger partial charge on any atom is -0.459 e. The van der Waals surface area contributed by atoms with Crippen molar-refractivity contribution in [3.05, 3.63) is 18.2 Å². The van der Waals surface area contributed by atoms with E-state index < -0.39 is 11.5 Å². The lowest BCUT2D eigenvalue weighted by Crippen LogP contribution is -2.31. The first-order valence-corrected chi connectivity index (χ1v) is 4.86. The normalized spacial score (nSPS) is 13.6. The number of rotatable bonds is 3. The molecule has 5 nitrogen and oxygen atoms in total. The quantitative estimate of drug-likeness (QED) is 0.724. The molecule has 0 unspecified atom stereocenters. The molecule has 0 saturated carbocycles. The maximum Gasteiger partial charge on any atom is 0.318 e. The van der Waals surface area contributed by atoms with Crippen molar-refractivity contribution in [3.63, 3.8) is 0 Å². The number of carbonyl (C=O) groups is 1. The van der Waals surface area contributed by atoms with Crippen molar-refractivity contribution >= 4 is 5.97 Å². The van der Waals surface area contributed by atoms with Crippen LogP contribution in [0.4, 0.5) is 0 Å². The second-order valence-electron chi connectivity index (χ2n) is 4.30. The van der Waals surface area contributed by atoms with Gasteiger partial charge in [-0.25, -0.2) is 4.98 Å². The number of esters is 1. The predicted octanol–water partition coefficient (Wildman–Crippen LogP) is 0.794. The molecule has 0 aliphatic heterocycles. The number of nitrogens with one attached hydrogen (secondary N) is 1. The fraction of sp³-hybridized carbons (Fsp3) is 0.600. The van der Waals surface area contributed by atoms with Crippen LogP contribution in [0.5, 0.6) is 0 Å². The average molecular weight is 211 g/mol. The van der Waals surface area contributed by atoms with E-state index in [9.17, 15) is 4.79 Å². The molecule has 0 bridgehead atoms. The third-order valence-electron chi connectivity index (χ3n) is 1.78. The number of aromatic nitrogens is 2. The van der Waals surface area contributed by atoms with Gasteiger partial charge >= 0.3 is 5.97 Å². The maximum atomic E-state index is 11.7. The van der Waals surface area contributed by atoms with Crippen molar-refractivity contribution in [3.8, 4) is 0 Å². The Morgan fingerprint density at radius 3 is 2.73 bits per heavy atom. The molecule has 0 radical (unpaired) electrons. The van der Waals surface area contributed by atoms with Gasteiger partial charge in [-0.1, -0.05) is 0 Å². The van der Waals surface area contributed by atoms with Crippen molar-refractivity contribution in [2.24, 2.45) is 5.73 Å². The van der Waals surface area contributed by atoms with Gasteiger partial charge in [0.25, 0.3) is 0 Å². The van der Waals surface area contributed by atoms with Gasteiger partial charge in [-0.05, 0) is 20.8 Å². The molecule has 0 aromatic carbocycles. The van der Waals surface area contributed by atoms with Gasteiger partial charge in [0.2, 0.25) is 0 Å². The number of hydrogen-bond donors (Lipinski definition) is 2. The van der Waals surface area contributed by atoms with Crippen LogP contribution in [0.25, 0.3) is 0 Å². The molecule has 0 spiro atoms. The van der Waals surface area contributed by atoms with E-state index in [1.165, 1.54) is 0 Å². The van der Waals surface area contributed by atoms with E-state index in [-0.39, 0.29) is 12.5 Å². The molecule has 3 N–H and O–H groups in total. The SMILES string of the molecule is CC(C)(C)OC(=O)[C@@H](CN)c1ncc[nH]1. The predicted molar refractivity (Wildman–Crippen MR) is 56.2 cm³/mol. The number of nitrogens with two attached hydrogens (primary N) is 1.